The molecule has 1 aliphatic rings. The highest BCUT2D eigenvalue weighted by atomic mass is 16.5. The predicted octanol–water partition coefficient (Wildman–Crippen LogP) is 3.96. The van der Waals surface area contributed by atoms with Crippen LogP contribution in [-0.4, -0.2) is 49.3 Å². The molecule has 0 amide bonds. The molecule has 0 saturated carbocycles. The normalized spacial score (nSPS) is 18.0. The molecular weight excluding hydrogens is 416 g/mol. The van der Waals surface area contributed by atoms with Crippen LogP contribution in [0.1, 0.15) is 70.5 Å². The summed E-state index contributed by atoms with van der Waals surface area (Å²) in [6, 6.07) is 8.05. The van der Waals surface area contributed by atoms with E-state index < -0.39 is 0 Å². The monoisotopic (exact) mass is 452 g/mol. The number of benzene rings is 1. The number of nitrogens with zero attached hydrogens (tertiary/aromatic N) is 5. The first-order valence-corrected chi connectivity index (χ1v) is 11.9. The number of nitrogens with one attached hydrogen (secondary N) is 1. The molecule has 0 aliphatic carbocycles. The minimum atomic E-state index is -0.251. The summed E-state index contributed by atoms with van der Waals surface area (Å²) in [4.78, 5) is 18.5. The Hall–Kier alpha value is -2.58. The summed E-state index contributed by atoms with van der Waals surface area (Å²) in [5.41, 5.74) is 2.41. The first-order chi connectivity index (χ1) is 15.6. The Morgan fingerprint density at radius 1 is 1.30 bits per heavy atom. The lowest BCUT2D eigenvalue weighted by atomic mass is 9.98. The molecule has 1 N–H and O–H groups in total. The molecule has 2 aromatic heterocycles. The number of fused-ring (bicyclic) bond motifs is 1. The maximum absolute atomic E-state index is 13.1. The minimum absolute atomic E-state index is 0.0490. The van der Waals surface area contributed by atoms with Crippen LogP contribution in [0.4, 0.5) is 0 Å². The number of hydrogen-bond donors (Lipinski definition) is 1. The number of H-pyrrole nitrogens is 1. The van der Waals surface area contributed by atoms with Crippen LogP contribution in [0.3, 0.4) is 0 Å². The smallest absolute Gasteiger partial charge is 0.252 e. The highest BCUT2D eigenvalue weighted by Crippen LogP contribution is 2.32. The molecule has 1 fully saturated rings. The Labute approximate surface area is 195 Å². The molecule has 33 heavy (non-hydrogen) atoms. The van der Waals surface area contributed by atoms with Crippen molar-refractivity contribution in [3.63, 3.8) is 0 Å². The highest BCUT2D eigenvalue weighted by molar-refractivity contribution is 5.81. The van der Waals surface area contributed by atoms with Crippen LogP contribution in [0.25, 0.3) is 10.9 Å². The number of pyridine rings is 1. The van der Waals surface area contributed by atoms with E-state index in [0.29, 0.717) is 6.54 Å². The van der Waals surface area contributed by atoms with Crippen molar-refractivity contribution in [3.8, 4) is 0 Å². The van der Waals surface area contributed by atoms with Crippen molar-refractivity contribution < 1.29 is 4.74 Å². The van der Waals surface area contributed by atoms with Gasteiger partial charge in [-0.2, -0.15) is 0 Å². The molecule has 8 heteroatoms. The molecule has 1 aliphatic heterocycles. The standard InChI is InChI=1S/C25H36N6O2/c1-16(2)22(23-27-28-29-31(23)25(4,5)6)30(15-20-11-8-12-33-20)14-19-13-18-10-7-9-17(3)21(18)26-24(19)32/h7,9-10,13,16,20,22H,8,11-12,14-15H2,1-6H3,(H,26,32)/t20-,22+/m0/s1. The maximum atomic E-state index is 13.1. The van der Waals surface area contributed by atoms with Gasteiger partial charge in [0.2, 0.25) is 0 Å². The first kappa shape index (κ1) is 23.6. The second kappa shape index (κ2) is 9.35. The summed E-state index contributed by atoms with van der Waals surface area (Å²) in [6.45, 7) is 14.7. The molecule has 0 unspecified atom stereocenters. The third kappa shape index (κ3) is 5.01. The van der Waals surface area contributed by atoms with Gasteiger partial charge in [0.15, 0.2) is 5.82 Å². The number of aromatic nitrogens is 5. The molecule has 1 aromatic carbocycles. The fraction of sp³-hybridized carbons (Fsp3) is 0.600. The second-order valence-corrected chi connectivity index (χ2v) is 10.5. The largest absolute Gasteiger partial charge is 0.377 e. The third-order valence-electron chi connectivity index (χ3n) is 6.42. The molecule has 8 nitrogen and oxygen atoms in total. The molecule has 2 atom stereocenters. The van der Waals surface area contributed by atoms with Gasteiger partial charge >= 0.3 is 0 Å². The average Bonchev–Trinajstić information content (AvgIpc) is 3.41. The zero-order chi connectivity index (χ0) is 23.8. The zero-order valence-corrected chi connectivity index (χ0v) is 20.6. The van der Waals surface area contributed by atoms with Crippen molar-refractivity contribution in [2.24, 2.45) is 5.92 Å². The van der Waals surface area contributed by atoms with Crippen molar-refractivity contribution in [2.45, 2.75) is 78.6 Å². The van der Waals surface area contributed by atoms with E-state index >= 15 is 0 Å². The number of hydrogen-bond acceptors (Lipinski definition) is 6. The predicted molar refractivity (Wildman–Crippen MR) is 129 cm³/mol. The topological polar surface area (TPSA) is 88.9 Å². The van der Waals surface area contributed by atoms with Gasteiger partial charge in [0.05, 0.1) is 23.2 Å². The zero-order valence-electron chi connectivity index (χ0n) is 20.6. The molecule has 3 aromatic rings. The number of tetrazole rings is 1. The number of rotatable bonds is 7. The fourth-order valence-electron chi connectivity index (χ4n) is 4.83. The molecule has 1 saturated heterocycles. The van der Waals surface area contributed by atoms with Crippen LogP contribution < -0.4 is 5.56 Å². The molecular formula is C25H36N6O2. The van der Waals surface area contributed by atoms with Crippen molar-refractivity contribution >= 4 is 10.9 Å². The van der Waals surface area contributed by atoms with Gasteiger partial charge in [0, 0.05) is 25.3 Å². The molecule has 4 rings (SSSR count). The van der Waals surface area contributed by atoms with Crippen molar-refractivity contribution in [1.29, 1.82) is 0 Å². The van der Waals surface area contributed by atoms with Gasteiger partial charge < -0.3 is 9.72 Å². The number of aryl methyl sites for hydroxylation is 1. The summed E-state index contributed by atoms with van der Waals surface area (Å²) in [7, 11) is 0. The van der Waals surface area contributed by atoms with Crippen molar-refractivity contribution in [3.05, 3.63) is 51.6 Å². The molecule has 0 bridgehead atoms. The van der Waals surface area contributed by atoms with Crippen LogP contribution in [0.2, 0.25) is 0 Å². The van der Waals surface area contributed by atoms with Gasteiger partial charge in [-0.25, -0.2) is 4.68 Å². The van der Waals surface area contributed by atoms with Gasteiger partial charge in [-0.05, 0) is 73.9 Å². The summed E-state index contributed by atoms with van der Waals surface area (Å²) in [6.07, 6.45) is 2.24. The lowest BCUT2D eigenvalue weighted by molar-refractivity contribution is 0.0371. The average molecular weight is 453 g/mol. The van der Waals surface area contributed by atoms with E-state index in [4.69, 9.17) is 4.74 Å². The highest BCUT2D eigenvalue weighted by Gasteiger charge is 2.34. The van der Waals surface area contributed by atoms with E-state index in [1.54, 1.807) is 0 Å². The Morgan fingerprint density at radius 2 is 2.09 bits per heavy atom. The lowest BCUT2D eigenvalue weighted by Gasteiger charge is -2.36. The lowest BCUT2D eigenvalue weighted by Crippen LogP contribution is -2.41. The van der Waals surface area contributed by atoms with Gasteiger partial charge in [-0.15, -0.1) is 5.10 Å². The molecule has 0 radical (unpaired) electrons. The van der Waals surface area contributed by atoms with Crippen molar-refractivity contribution in [1.82, 2.24) is 30.1 Å². The summed E-state index contributed by atoms with van der Waals surface area (Å²) in [5, 5.41) is 13.8. The Morgan fingerprint density at radius 3 is 2.76 bits per heavy atom. The van der Waals surface area contributed by atoms with Crippen LogP contribution in [0, 0.1) is 12.8 Å². The van der Waals surface area contributed by atoms with E-state index in [-0.39, 0.29) is 29.2 Å². The van der Waals surface area contributed by atoms with Crippen LogP contribution in [-0.2, 0) is 16.8 Å². The molecule has 178 valence electrons. The summed E-state index contributed by atoms with van der Waals surface area (Å²) >= 11 is 0. The minimum Gasteiger partial charge on any atom is -0.377 e. The van der Waals surface area contributed by atoms with Crippen LogP contribution in [0.5, 0.6) is 0 Å². The molecule has 0 spiro atoms. The van der Waals surface area contributed by atoms with Gasteiger partial charge in [0.1, 0.15) is 0 Å². The first-order valence-electron chi connectivity index (χ1n) is 11.9. The van der Waals surface area contributed by atoms with Crippen LogP contribution >= 0.6 is 0 Å². The Kier molecular flexibility index (Phi) is 6.68. The summed E-state index contributed by atoms with van der Waals surface area (Å²) < 4.78 is 7.91. The fourth-order valence-corrected chi connectivity index (χ4v) is 4.83. The van der Waals surface area contributed by atoms with Gasteiger partial charge in [0.25, 0.3) is 5.56 Å². The Bertz CT molecular complexity index is 1150. The van der Waals surface area contributed by atoms with E-state index in [1.165, 1.54) is 0 Å². The van der Waals surface area contributed by atoms with E-state index in [1.807, 2.05) is 35.9 Å². The van der Waals surface area contributed by atoms with Crippen LogP contribution in [0.15, 0.2) is 29.1 Å². The van der Waals surface area contributed by atoms with Gasteiger partial charge in [-0.3, -0.25) is 9.69 Å². The maximum Gasteiger partial charge on any atom is 0.252 e. The quantitative estimate of drug-likeness (QED) is 0.584. The third-order valence-corrected chi connectivity index (χ3v) is 6.42. The molecule has 3 heterocycles. The SMILES string of the molecule is Cc1cccc2cc(CN(C[C@@H]3CCCO3)[C@@H](c3nnnn3C(C)(C)C)C(C)C)c(=O)[nH]c12. The van der Waals surface area contributed by atoms with E-state index in [2.05, 4.69) is 60.0 Å². The number of aromatic amines is 1. The van der Waals surface area contributed by atoms with E-state index in [9.17, 15) is 4.79 Å². The van der Waals surface area contributed by atoms with E-state index in [0.717, 1.165) is 53.8 Å². The van der Waals surface area contributed by atoms with Gasteiger partial charge in [-0.1, -0.05) is 32.0 Å². The second-order valence-electron chi connectivity index (χ2n) is 10.5. The number of para-hydroxylation sites is 1. The summed E-state index contributed by atoms with van der Waals surface area (Å²) in [5.74, 6) is 1.06. The van der Waals surface area contributed by atoms with Crippen molar-refractivity contribution in [2.75, 3.05) is 13.2 Å². The number of ether oxygens (including phenoxy) is 1. The Balaban J connectivity index is 1.76.